The van der Waals surface area contributed by atoms with Crippen LogP contribution in [0.25, 0.3) is 0 Å². The van der Waals surface area contributed by atoms with E-state index in [1.54, 1.807) is 0 Å². The molecule has 0 radical (unpaired) electrons. The van der Waals surface area contributed by atoms with Gasteiger partial charge >= 0.3 is 0 Å². The van der Waals surface area contributed by atoms with E-state index in [4.69, 9.17) is 11.5 Å². The van der Waals surface area contributed by atoms with Gasteiger partial charge in [0.05, 0.1) is 0 Å². The van der Waals surface area contributed by atoms with Crippen LogP contribution in [0.2, 0.25) is 0 Å². The van der Waals surface area contributed by atoms with E-state index in [0.29, 0.717) is 18.9 Å². The number of carbonyl (C=O) groups is 1. The molecule has 5 nitrogen and oxygen atoms in total. The van der Waals surface area contributed by atoms with E-state index in [1.165, 1.54) is 116 Å². The highest BCUT2D eigenvalue weighted by Crippen LogP contribution is 2.12. The Balaban J connectivity index is 4.14. The van der Waals surface area contributed by atoms with Crippen molar-refractivity contribution >= 4 is 11.9 Å². The number of aliphatic imine (C=N–C) groups is 1. The molecule has 0 rings (SSSR count). The molecule has 0 saturated carbocycles. The van der Waals surface area contributed by atoms with Gasteiger partial charge in [0.25, 0.3) is 0 Å². The Bertz CT molecular complexity index is 431. The fraction of sp³-hybridized carbons (Fsp3) is 0.929. The smallest absolute Gasteiger partial charge is 0.217 e. The summed E-state index contributed by atoms with van der Waals surface area (Å²) in [5, 5.41) is 0. The van der Waals surface area contributed by atoms with Gasteiger partial charge in [-0.25, -0.2) is 0 Å². The van der Waals surface area contributed by atoms with Crippen molar-refractivity contribution in [2.45, 2.75) is 149 Å². The van der Waals surface area contributed by atoms with Gasteiger partial charge in [-0.1, -0.05) is 117 Å². The quantitative estimate of drug-likeness (QED) is 0.0839. The molecule has 0 saturated heterocycles. The third-order valence-corrected chi connectivity index (χ3v) is 6.49. The monoisotopic (exact) mass is 466 g/mol. The average Bonchev–Trinajstić information content (AvgIpc) is 2.80. The number of unbranched alkanes of at least 4 members (excludes halogenated alkanes) is 17. The zero-order chi connectivity index (χ0) is 24.4. The SMILES string of the molecule is CCCCCCCCCCCN(CCCCCCCCCCC)C(N)=NCCCCC(N)=O. The van der Waals surface area contributed by atoms with Crippen molar-refractivity contribution in [1.29, 1.82) is 0 Å². The van der Waals surface area contributed by atoms with E-state index in [0.717, 1.165) is 25.9 Å². The van der Waals surface area contributed by atoms with Gasteiger partial charge in [-0.05, 0) is 25.7 Å². The van der Waals surface area contributed by atoms with Crippen molar-refractivity contribution in [1.82, 2.24) is 4.90 Å². The summed E-state index contributed by atoms with van der Waals surface area (Å²) >= 11 is 0. The van der Waals surface area contributed by atoms with Crippen molar-refractivity contribution in [2.75, 3.05) is 19.6 Å². The minimum atomic E-state index is -0.232. The highest BCUT2D eigenvalue weighted by atomic mass is 16.1. The van der Waals surface area contributed by atoms with Gasteiger partial charge in [0.15, 0.2) is 5.96 Å². The first-order valence-electron chi connectivity index (χ1n) is 14.4. The predicted molar refractivity (Wildman–Crippen MR) is 146 cm³/mol. The summed E-state index contributed by atoms with van der Waals surface area (Å²) in [4.78, 5) is 17.8. The van der Waals surface area contributed by atoms with Crippen LogP contribution in [0.3, 0.4) is 0 Å². The minimum Gasteiger partial charge on any atom is -0.370 e. The van der Waals surface area contributed by atoms with Crippen LogP contribution in [0.15, 0.2) is 4.99 Å². The lowest BCUT2D eigenvalue weighted by atomic mass is 10.1. The third-order valence-electron chi connectivity index (χ3n) is 6.49. The van der Waals surface area contributed by atoms with Crippen LogP contribution in [0.4, 0.5) is 0 Å². The number of nitrogens with two attached hydrogens (primary N) is 2. The van der Waals surface area contributed by atoms with E-state index in [1.807, 2.05) is 0 Å². The largest absolute Gasteiger partial charge is 0.370 e. The maximum absolute atomic E-state index is 10.9. The Morgan fingerprint density at radius 2 is 0.970 bits per heavy atom. The molecule has 0 spiro atoms. The predicted octanol–water partition coefficient (Wildman–Crippen LogP) is 7.32. The van der Waals surface area contributed by atoms with Crippen LogP contribution in [0.5, 0.6) is 0 Å². The summed E-state index contributed by atoms with van der Waals surface area (Å²) in [6.07, 6.45) is 26.3. The summed E-state index contributed by atoms with van der Waals surface area (Å²) in [6.45, 7) is 7.27. The standard InChI is InChI=1S/C28H58N4O/c1-3-5-7-9-11-13-15-17-21-25-32(28(30)31-24-20-19-23-27(29)33)26-22-18-16-14-12-10-8-6-4-2/h3-26H2,1-2H3,(H2,29,33)(H2,30,31). The van der Waals surface area contributed by atoms with Crippen LogP contribution in [-0.2, 0) is 4.79 Å². The molecule has 196 valence electrons. The molecule has 0 aliphatic heterocycles. The molecule has 0 aromatic heterocycles. The molecule has 33 heavy (non-hydrogen) atoms. The molecule has 0 bridgehead atoms. The molecule has 0 fully saturated rings. The molecule has 0 aliphatic carbocycles. The first-order valence-corrected chi connectivity index (χ1v) is 14.4. The topological polar surface area (TPSA) is 84.7 Å². The normalized spacial score (nSPS) is 11.8. The summed E-state index contributed by atoms with van der Waals surface area (Å²) in [6, 6.07) is 0. The van der Waals surface area contributed by atoms with Crippen LogP contribution in [0.1, 0.15) is 149 Å². The number of nitrogens with zero attached hydrogens (tertiary/aromatic N) is 2. The third kappa shape index (κ3) is 23.7. The van der Waals surface area contributed by atoms with Crippen molar-refractivity contribution in [3.05, 3.63) is 0 Å². The van der Waals surface area contributed by atoms with E-state index in [9.17, 15) is 4.79 Å². The molecule has 0 aliphatic rings. The summed E-state index contributed by atoms with van der Waals surface area (Å²) < 4.78 is 0. The van der Waals surface area contributed by atoms with Crippen molar-refractivity contribution in [2.24, 2.45) is 16.5 Å². The number of rotatable bonds is 25. The number of hydrogen-bond donors (Lipinski definition) is 2. The molecule has 0 aromatic carbocycles. The van der Waals surface area contributed by atoms with Gasteiger partial charge in [0, 0.05) is 26.1 Å². The average molecular weight is 467 g/mol. The van der Waals surface area contributed by atoms with Gasteiger partial charge in [0.1, 0.15) is 0 Å². The molecule has 0 aromatic rings. The number of carbonyl (C=O) groups excluding carboxylic acids is 1. The van der Waals surface area contributed by atoms with E-state index < -0.39 is 0 Å². The van der Waals surface area contributed by atoms with Crippen molar-refractivity contribution in [3.63, 3.8) is 0 Å². The lowest BCUT2D eigenvalue weighted by Gasteiger charge is -2.24. The number of guanidine groups is 1. The highest BCUT2D eigenvalue weighted by Gasteiger charge is 2.08. The zero-order valence-corrected chi connectivity index (χ0v) is 22.4. The van der Waals surface area contributed by atoms with Crippen LogP contribution < -0.4 is 11.5 Å². The Kier molecular flexibility index (Phi) is 24.4. The highest BCUT2D eigenvalue weighted by molar-refractivity contribution is 5.78. The number of primary amides is 1. The maximum atomic E-state index is 10.9. The lowest BCUT2D eigenvalue weighted by molar-refractivity contribution is -0.118. The Morgan fingerprint density at radius 3 is 1.36 bits per heavy atom. The molecular weight excluding hydrogens is 408 g/mol. The first kappa shape index (κ1) is 31.7. The minimum absolute atomic E-state index is 0.232. The van der Waals surface area contributed by atoms with Crippen molar-refractivity contribution in [3.8, 4) is 0 Å². The first-order chi connectivity index (χ1) is 16.1. The molecule has 4 N–H and O–H groups in total. The van der Waals surface area contributed by atoms with Crippen LogP contribution >= 0.6 is 0 Å². The van der Waals surface area contributed by atoms with Crippen LogP contribution in [-0.4, -0.2) is 36.4 Å². The van der Waals surface area contributed by atoms with E-state index in [2.05, 4.69) is 23.7 Å². The Labute approximate surface area is 206 Å². The van der Waals surface area contributed by atoms with Gasteiger partial charge in [0.2, 0.25) is 5.91 Å². The molecule has 0 heterocycles. The van der Waals surface area contributed by atoms with E-state index >= 15 is 0 Å². The maximum Gasteiger partial charge on any atom is 0.217 e. The molecule has 0 unspecified atom stereocenters. The molecule has 0 atom stereocenters. The second-order valence-corrected chi connectivity index (χ2v) is 9.81. The molecular formula is C28H58N4O. The fourth-order valence-electron chi connectivity index (χ4n) is 4.27. The zero-order valence-electron chi connectivity index (χ0n) is 22.4. The number of amides is 1. The molecule has 5 heteroatoms. The second kappa shape index (κ2) is 25.4. The second-order valence-electron chi connectivity index (χ2n) is 9.81. The lowest BCUT2D eigenvalue weighted by Crippen LogP contribution is -2.39. The van der Waals surface area contributed by atoms with Gasteiger partial charge in [-0.15, -0.1) is 0 Å². The summed E-state index contributed by atoms with van der Waals surface area (Å²) in [7, 11) is 0. The summed E-state index contributed by atoms with van der Waals surface area (Å²) in [5.41, 5.74) is 11.6. The van der Waals surface area contributed by atoms with Gasteiger partial charge in [-0.2, -0.15) is 0 Å². The van der Waals surface area contributed by atoms with E-state index in [-0.39, 0.29) is 5.91 Å². The van der Waals surface area contributed by atoms with Crippen molar-refractivity contribution < 1.29 is 4.79 Å². The van der Waals surface area contributed by atoms with Gasteiger partial charge < -0.3 is 16.4 Å². The fourth-order valence-corrected chi connectivity index (χ4v) is 4.27. The van der Waals surface area contributed by atoms with Gasteiger partial charge in [-0.3, -0.25) is 9.79 Å². The Morgan fingerprint density at radius 1 is 0.576 bits per heavy atom. The number of hydrogen-bond acceptors (Lipinski definition) is 2. The molecule has 1 amide bonds. The summed E-state index contributed by atoms with van der Waals surface area (Å²) in [5.74, 6) is 0.456. The van der Waals surface area contributed by atoms with Crippen LogP contribution in [0, 0.1) is 0 Å². The Hall–Kier alpha value is -1.26.